The molecule has 0 fully saturated rings. The largest absolute Gasteiger partial charge is 0.375 e. The summed E-state index contributed by atoms with van der Waals surface area (Å²) in [7, 11) is -3.66. The number of hydrogen-bond acceptors (Lipinski definition) is 5. The third-order valence-electron chi connectivity index (χ3n) is 1.88. The lowest BCUT2D eigenvalue weighted by atomic mass is 10.4. The second-order valence-electron chi connectivity index (χ2n) is 2.95. The zero-order chi connectivity index (χ0) is 11.8. The second-order valence-corrected chi connectivity index (χ2v) is 6.45. The van der Waals surface area contributed by atoms with Crippen LogP contribution in [0.2, 0.25) is 4.34 Å². The van der Waals surface area contributed by atoms with Crippen LogP contribution in [0.5, 0.6) is 0 Å². The van der Waals surface area contributed by atoms with Crippen LogP contribution in [0.4, 0.5) is 5.13 Å². The van der Waals surface area contributed by atoms with E-state index in [1.807, 2.05) is 0 Å². The molecule has 1 aromatic carbocycles. The lowest BCUT2D eigenvalue weighted by molar-refractivity contribution is 0.593. The number of nitrogens with two attached hydrogens (primary N) is 1. The third-order valence-corrected chi connectivity index (χ3v) is 4.90. The van der Waals surface area contributed by atoms with E-state index in [0.29, 0.717) is 0 Å². The third kappa shape index (κ3) is 1.91. The molecule has 0 aliphatic rings. The molecule has 0 saturated carbocycles. The van der Waals surface area contributed by atoms with Crippen molar-refractivity contribution in [3.05, 3.63) is 34.7 Å². The van der Waals surface area contributed by atoms with Crippen molar-refractivity contribution < 1.29 is 8.42 Å². The first-order valence-corrected chi connectivity index (χ1v) is 6.91. The summed E-state index contributed by atoms with van der Waals surface area (Å²) in [6, 6.07) is 7.98. The van der Waals surface area contributed by atoms with E-state index in [9.17, 15) is 8.42 Å². The van der Waals surface area contributed by atoms with Gasteiger partial charge in [-0.25, -0.2) is 13.4 Å². The highest BCUT2D eigenvalue weighted by Gasteiger charge is 2.24. The summed E-state index contributed by atoms with van der Waals surface area (Å²) in [6.07, 6.45) is 0. The Morgan fingerprint density at radius 2 is 1.88 bits per heavy atom. The number of anilines is 1. The fourth-order valence-electron chi connectivity index (χ4n) is 1.18. The molecule has 0 amide bonds. The Labute approximate surface area is 102 Å². The molecule has 0 atom stereocenters. The summed E-state index contributed by atoms with van der Waals surface area (Å²) in [6.45, 7) is 0. The summed E-state index contributed by atoms with van der Waals surface area (Å²) in [5.41, 5.74) is 5.41. The number of aromatic nitrogens is 1. The van der Waals surface area contributed by atoms with Gasteiger partial charge >= 0.3 is 0 Å². The molecular weight excluding hydrogens is 268 g/mol. The SMILES string of the molecule is Nc1nc(S(=O)(=O)c2ccccc2)c(Cl)s1. The first-order valence-electron chi connectivity index (χ1n) is 4.24. The molecule has 0 saturated heterocycles. The van der Waals surface area contributed by atoms with Crippen molar-refractivity contribution in [3.8, 4) is 0 Å². The van der Waals surface area contributed by atoms with Crippen molar-refractivity contribution in [2.45, 2.75) is 9.92 Å². The predicted molar refractivity (Wildman–Crippen MR) is 63.4 cm³/mol. The lowest BCUT2D eigenvalue weighted by Gasteiger charge is -2.00. The first kappa shape index (κ1) is 11.4. The van der Waals surface area contributed by atoms with Crippen molar-refractivity contribution in [1.82, 2.24) is 4.98 Å². The Bertz CT molecular complexity index is 608. The summed E-state index contributed by atoms with van der Waals surface area (Å²) in [5.74, 6) is 0. The molecule has 4 nitrogen and oxygen atoms in total. The van der Waals surface area contributed by atoms with Crippen LogP contribution in [0.25, 0.3) is 0 Å². The predicted octanol–water partition coefficient (Wildman–Crippen LogP) is 2.21. The lowest BCUT2D eigenvalue weighted by Crippen LogP contribution is -2.03. The molecule has 1 aromatic heterocycles. The molecule has 0 aliphatic carbocycles. The maximum Gasteiger partial charge on any atom is 0.226 e. The highest BCUT2D eigenvalue weighted by Crippen LogP contribution is 2.32. The van der Waals surface area contributed by atoms with Gasteiger partial charge in [0.2, 0.25) is 9.84 Å². The van der Waals surface area contributed by atoms with E-state index < -0.39 is 9.84 Å². The number of thiazole rings is 1. The molecule has 0 unspecified atom stereocenters. The Morgan fingerprint density at radius 1 is 1.25 bits per heavy atom. The van der Waals surface area contributed by atoms with Crippen LogP contribution in [0.3, 0.4) is 0 Å². The molecule has 0 bridgehead atoms. The topological polar surface area (TPSA) is 73.0 Å². The van der Waals surface area contributed by atoms with Crippen LogP contribution in [0.1, 0.15) is 0 Å². The van der Waals surface area contributed by atoms with Gasteiger partial charge in [0.05, 0.1) is 4.90 Å². The van der Waals surface area contributed by atoms with Crippen molar-refractivity contribution in [2.75, 3.05) is 5.73 Å². The van der Waals surface area contributed by atoms with Crippen LogP contribution in [-0.2, 0) is 9.84 Å². The summed E-state index contributed by atoms with van der Waals surface area (Å²) < 4.78 is 24.2. The van der Waals surface area contributed by atoms with Gasteiger partial charge in [-0.1, -0.05) is 41.1 Å². The van der Waals surface area contributed by atoms with Gasteiger partial charge in [0.25, 0.3) is 0 Å². The number of halogens is 1. The number of sulfone groups is 1. The monoisotopic (exact) mass is 274 g/mol. The van der Waals surface area contributed by atoms with Gasteiger partial charge in [-0.2, -0.15) is 0 Å². The molecule has 0 radical (unpaired) electrons. The fourth-order valence-corrected chi connectivity index (χ4v) is 3.90. The minimum Gasteiger partial charge on any atom is -0.375 e. The van der Waals surface area contributed by atoms with Gasteiger partial charge in [0.1, 0.15) is 4.34 Å². The molecule has 2 N–H and O–H groups in total. The molecular formula is C9H7ClN2O2S2. The van der Waals surface area contributed by atoms with Crippen LogP contribution >= 0.6 is 22.9 Å². The minimum atomic E-state index is -3.66. The van der Waals surface area contributed by atoms with Crippen LogP contribution in [-0.4, -0.2) is 13.4 Å². The van der Waals surface area contributed by atoms with E-state index in [-0.39, 0.29) is 19.4 Å². The second kappa shape index (κ2) is 4.04. The van der Waals surface area contributed by atoms with E-state index in [0.717, 1.165) is 11.3 Å². The zero-order valence-corrected chi connectivity index (χ0v) is 10.3. The molecule has 2 rings (SSSR count). The summed E-state index contributed by atoms with van der Waals surface area (Å²) in [5, 5.41) is -0.0395. The van der Waals surface area contributed by atoms with Crippen LogP contribution in [0, 0.1) is 0 Å². The van der Waals surface area contributed by atoms with Crippen molar-refractivity contribution >= 4 is 37.9 Å². The zero-order valence-electron chi connectivity index (χ0n) is 7.92. The minimum absolute atomic E-state index is 0.0846. The molecule has 1 heterocycles. The number of rotatable bonds is 2. The van der Waals surface area contributed by atoms with Gasteiger partial charge in [-0.05, 0) is 12.1 Å². The van der Waals surface area contributed by atoms with Crippen molar-refractivity contribution in [2.24, 2.45) is 0 Å². The van der Waals surface area contributed by atoms with Crippen molar-refractivity contribution in [3.63, 3.8) is 0 Å². The smallest absolute Gasteiger partial charge is 0.226 e. The molecule has 0 aliphatic heterocycles. The molecule has 7 heteroatoms. The Morgan fingerprint density at radius 3 is 2.38 bits per heavy atom. The highest BCUT2D eigenvalue weighted by atomic mass is 35.5. The Kier molecular flexibility index (Phi) is 2.88. The molecule has 84 valence electrons. The van der Waals surface area contributed by atoms with Gasteiger partial charge in [-0.3, -0.25) is 0 Å². The molecule has 0 spiro atoms. The van der Waals surface area contributed by atoms with E-state index in [1.165, 1.54) is 12.1 Å². The number of nitrogen functional groups attached to an aromatic ring is 1. The van der Waals surface area contributed by atoms with Crippen molar-refractivity contribution in [1.29, 1.82) is 0 Å². The quantitative estimate of drug-likeness (QED) is 0.911. The average molecular weight is 275 g/mol. The number of hydrogen-bond donors (Lipinski definition) is 1. The summed E-state index contributed by atoms with van der Waals surface area (Å²) in [4.78, 5) is 3.89. The first-order chi connectivity index (χ1) is 7.51. The van der Waals surface area contributed by atoms with Gasteiger partial charge in [-0.15, -0.1) is 0 Å². The van der Waals surface area contributed by atoms with E-state index >= 15 is 0 Å². The van der Waals surface area contributed by atoms with Gasteiger partial charge < -0.3 is 5.73 Å². The maximum absolute atomic E-state index is 12.1. The van der Waals surface area contributed by atoms with Gasteiger partial charge in [0, 0.05) is 0 Å². The number of nitrogens with zero attached hydrogens (tertiary/aromatic N) is 1. The molecule has 16 heavy (non-hydrogen) atoms. The highest BCUT2D eigenvalue weighted by molar-refractivity contribution is 7.91. The summed E-state index contributed by atoms with van der Waals surface area (Å²) >= 11 is 6.72. The fraction of sp³-hybridized carbons (Fsp3) is 0. The normalized spacial score (nSPS) is 11.6. The van der Waals surface area contributed by atoms with E-state index in [2.05, 4.69) is 4.98 Å². The maximum atomic E-state index is 12.1. The van der Waals surface area contributed by atoms with Gasteiger partial charge in [0.15, 0.2) is 10.2 Å². The standard InChI is InChI=1S/C9H7ClN2O2S2/c10-7-8(12-9(11)15-7)16(13,14)6-4-2-1-3-5-6/h1-5H,(H2,11,12). The van der Waals surface area contributed by atoms with Crippen LogP contribution in [0.15, 0.2) is 40.3 Å². The van der Waals surface area contributed by atoms with Crippen LogP contribution < -0.4 is 5.73 Å². The molecule has 2 aromatic rings. The van der Waals surface area contributed by atoms with E-state index in [4.69, 9.17) is 17.3 Å². The Balaban J connectivity index is 2.61. The number of benzene rings is 1. The Hall–Kier alpha value is -1.11. The van der Waals surface area contributed by atoms with E-state index in [1.54, 1.807) is 18.2 Å². The average Bonchev–Trinajstić information content (AvgIpc) is 2.60.